The highest BCUT2D eigenvalue weighted by Gasteiger charge is 2.06. The first-order valence-electron chi connectivity index (χ1n) is 3.23. The summed E-state index contributed by atoms with van der Waals surface area (Å²) in [5.41, 5.74) is 10.2. The van der Waals surface area contributed by atoms with E-state index in [1.807, 2.05) is 6.92 Å². The Labute approximate surface area is 67.6 Å². The predicted molar refractivity (Wildman–Crippen MR) is 43.9 cm³/mol. The molecule has 0 rings (SSSR count). The maximum Gasteiger partial charge on any atom is 0.234 e. The molecule has 0 heterocycles. The van der Waals surface area contributed by atoms with Gasteiger partial charge in [0, 0.05) is 0 Å². The number of primary amides is 1. The van der Waals surface area contributed by atoms with Crippen LogP contribution in [0, 0.1) is 0 Å². The van der Waals surface area contributed by atoms with Gasteiger partial charge in [0.05, 0.1) is 6.04 Å². The number of rotatable bonds is 4. The standard InChI is InChI=1S/C6H14N2O.ClH/c1-2-3-4-5(7)6(8)9;/h5H,2-4,7H2,1H3,(H2,8,9);1H/t5-;/m1./s1. The lowest BCUT2D eigenvalue weighted by molar-refractivity contribution is -0.119. The zero-order valence-electron chi connectivity index (χ0n) is 6.17. The van der Waals surface area contributed by atoms with E-state index in [-0.39, 0.29) is 12.4 Å². The van der Waals surface area contributed by atoms with Gasteiger partial charge in [-0.3, -0.25) is 4.79 Å². The molecule has 0 aliphatic rings. The molecule has 1 atom stereocenters. The van der Waals surface area contributed by atoms with Gasteiger partial charge in [-0.2, -0.15) is 0 Å². The van der Waals surface area contributed by atoms with Gasteiger partial charge in [-0.1, -0.05) is 19.8 Å². The van der Waals surface area contributed by atoms with Gasteiger partial charge in [0.25, 0.3) is 0 Å². The minimum atomic E-state index is -0.440. The molecule has 4 heteroatoms. The summed E-state index contributed by atoms with van der Waals surface area (Å²) in [6.45, 7) is 2.05. The Morgan fingerprint density at radius 3 is 2.40 bits per heavy atom. The van der Waals surface area contributed by atoms with E-state index in [0.717, 1.165) is 12.8 Å². The van der Waals surface area contributed by atoms with Crippen molar-refractivity contribution in [2.45, 2.75) is 32.2 Å². The van der Waals surface area contributed by atoms with Crippen LogP contribution in [-0.2, 0) is 4.79 Å². The molecule has 62 valence electrons. The monoisotopic (exact) mass is 166 g/mol. The van der Waals surface area contributed by atoms with E-state index in [1.54, 1.807) is 0 Å². The molecule has 0 radical (unpaired) electrons. The second-order valence-corrected chi connectivity index (χ2v) is 2.15. The highest BCUT2D eigenvalue weighted by atomic mass is 35.5. The molecular formula is C6H15ClN2O. The van der Waals surface area contributed by atoms with Crippen molar-refractivity contribution >= 4 is 18.3 Å². The highest BCUT2D eigenvalue weighted by Crippen LogP contribution is 1.96. The van der Waals surface area contributed by atoms with Crippen LogP contribution in [0.3, 0.4) is 0 Å². The van der Waals surface area contributed by atoms with Crippen molar-refractivity contribution in [1.29, 1.82) is 0 Å². The van der Waals surface area contributed by atoms with E-state index in [2.05, 4.69) is 0 Å². The Bertz CT molecular complexity index is 97.7. The van der Waals surface area contributed by atoms with Gasteiger partial charge >= 0.3 is 0 Å². The van der Waals surface area contributed by atoms with Crippen LogP contribution in [0.2, 0.25) is 0 Å². The number of halogens is 1. The zero-order valence-corrected chi connectivity index (χ0v) is 6.99. The number of nitrogens with two attached hydrogens (primary N) is 2. The van der Waals surface area contributed by atoms with Gasteiger partial charge in [-0.25, -0.2) is 0 Å². The minimum Gasteiger partial charge on any atom is -0.368 e. The Kier molecular flexibility index (Phi) is 8.48. The van der Waals surface area contributed by atoms with E-state index >= 15 is 0 Å². The van der Waals surface area contributed by atoms with Gasteiger partial charge in [0.15, 0.2) is 0 Å². The van der Waals surface area contributed by atoms with Gasteiger partial charge in [-0.05, 0) is 6.42 Å². The fraction of sp³-hybridized carbons (Fsp3) is 0.833. The molecule has 1 amide bonds. The van der Waals surface area contributed by atoms with Crippen molar-refractivity contribution in [2.75, 3.05) is 0 Å². The average molecular weight is 167 g/mol. The lowest BCUT2D eigenvalue weighted by Crippen LogP contribution is -2.36. The van der Waals surface area contributed by atoms with Crippen LogP contribution in [0.25, 0.3) is 0 Å². The molecule has 0 aromatic heterocycles. The van der Waals surface area contributed by atoms with Crippen LogP contribution < -0.4 is 11.5 Å². The van der Waals surface area contributed by atoms with Crippen LogP contribution in [-0.4, -0.2) is 11.9 Å². The third kappa shape index (κ3) is 5.85. The molecule has 0 bridgehead atoms. The lowest BCUT2D eigenvalue weighted by atomic mass is 10.1. The number of carbonyl (C=O) groups excluding carboxylic acids is 1. The van der Waals surface area contributed by atoms with Crippen molar-refractivity contribution in [1.82, 2.24) is 0 Å². The van der Waals surface area contributed by atoms with Crippen molar-refractivity contribution in [2.24, 2.45) is 11.5 Å². The molecule has 0 unspecified atom stereocenters. The summed E-state index contributed by atoms with van der Waals surface area (Å²) in [5, 5.41) is 0. The first kappa shape index (κ1) is 12.4. The van der Waals surface area contributed by atoms with Crippen LogP contribution in [0.4, 0.5) is 0 Å². The molecule has 0 aromatic rings. The van der Waals surface area contributed by atoms with Crippen LogP contribution in [0.15, 0.2) is 0 Å². The SMILES string of the molecule is CCCC[C@@H](N)C(N)=O.Cl. The quantitative estimate of drug-likeness (QED) is 0.635. The maximum absolute atomic E-state index is 10.3. The largest absolute Gasteiger partial charge is 0.368 e. The topological polar surface area (TPSA) is 69.1 Å². The normalized spacial score (nSPS) is 11.8. The number of unbranched alkanes of at least 4 members (excludes halogenated alkanes) is 1. The molecule has 0 spiro atoms. The molecule has 0 aliphatic heterocycles. The van der Waals surface area contributed by atoms with Crippen molar-refractivity contribution < 1.29 is 4.79 Å². The van der Waals surface area contributed by atoms with Gasteiger partial charge < -0.3 is 11.5 Å². The van der Waals surface area contributed by atoms with Crippen LogP contribution >= 0.6 is 12.4 Å². The predicted octanol–water partition coefficient (Wildman–Crippen LogP) is 0.411. The third-order valence-electron chi connectivity index (χ3n) is 1.23. The third-order valence-corrected chi connectivity index (χ3v) is 1.23. The molecule has 0 fully saturated rings. The average Bonchev–Trinajstić information content (AvgIpc) is 1.82. The van der Waals surface area contributed by atoms with E-state index in [0.29, 0.717) is 6.42 Å². The maximum atomic E-state index is 10.3. The van der Waals surface area contributed by atoms with Gasteiger partial charge in [0.1, 0.15) is 0 Å². The number of hydrogen-bond acceptors (Lipinski definition) is 2. The summed E-state index contributed by atoms with van der Waals surface area (Å²) >= 11 is 0. The fourth-order valence-corrected chi connectivity index (χ4v) is 0.566. The molecule has 0 saturated heterocycles. The Morgan fingerprint density at radius 1 is 1.60 bits per heavy atom. The summed E-state index contributed by atoms with van der Waals surface area (Å²) in [7, 11) is 0. The van der Waals surface area contributed by atoms with E-state index < -0.39 is 11.9 Å². The van der Waals surface area contributed by atoms with E-state index in [9.17, 15) is 4.79 Å². The van der Waals surface area contributed by atoms with Crippen LogP contribution in [0.5, 0.6) is 0 Å². The molecule has 3 nitrogen and oxygen atoms in total. The first-order chi connectivity index (χ1) is 4.18. The number of amides is 1. The summed E-state index contributed by atoms with van der Waals surface area (Å²) in [5.74, 6) is -0.400. The molecule has 10 heavy (non-hydrogen) atoms. The second-order valence-electron chi connectivity index (χ2n) is 2.15. The summed E-state index contributed by atoms with van der Waals surface area (Å²) < 4.78 is 0. The van der Waals surface area contributed by atoms with Crippen molar-refractivity contribution in [3.63, 3.8) is 0 Å². The molecule has 0 saturated carbocycles. The summed E-state index contributed by atoms with van der Waals surface area (Å²) in [6, 6.07) is -0.440. The highest BCUT2D eigenvalue weighted by molar-refractivity contribution is 5.85. The second kappa shape index (κ2) is 6.83. The lowest BCUT2D eigenvalue weighted by Gasteiger charge is -2.03. The molecule has 4 N–H and O–H groups in total. The Morgan fingerprint density at radius 2 is 2.10 bits per heavy atom. The summed E-state index contributed by atoms with van der Waals surface area (Å²) in [4.78, 5) is 10.3. The van der Waals surface area contributed by atoms with Gasteiger partial charge in [-0.15, -0.1) is 12.4 Å². The van der Waals surface area contributed by atoms with Crippen LogP contribution in [0.1, 0.15) is 26.2 Å². The molecule has 0 aromatic carbocycles. The van der Waals surface area contributed by atoms with Gasteiger partial charge in [0.2, 0.25) is 5.91 Å². The van der Waals surface area contributed by atoms with E-state index in [4.69, 9.17) is 11.5 Å². The first-order valence-corrected chi connectivity index (χ1v) is 3.23. The van der Waals surface area contributed by atoms with Crippen molar-refractivity contribution in [3.8, 4) is 0 Å². The zero-order chi connectivity index (χ0) is 7.28. The summed E-state index contributed by atoms with van der Waals surface area (Å²) in [6.07, 6.45) is 2.75. The number of hydrogen-bond donors (Lipinski definition) is 2. The number of carbonyl (C=O) groups is 1. The minimum absolute atomic E-state index is 0. The molecule has 0 aliphatic carbocycles. The van der Waals surface area contributed by atoms with Crippen molar-refractivity contribution in [3.05, 3.63) is 0 Å². The Hall–Kier alpha value is -0.280. The molecular weight excluding hydrogens is 152 g/mol. The van der Waals surface area contributed by atoms with E-state index in [1.165, 1.54) is 0 Å². The fourth-order valence-electron chi connectivity index (χ4n) is 0.566. The smallest absolute Gasteiger partial charge is 0.234 e. The Balaban J connectivity index is 0.